The molecule has 1 aliphatic heterocycles. The van der Waals surface area contributed by atoms with Gasteiger partial charge in [0.2, 0.25) is 5.91 Å². The lowest BCUT2D eigenvalue weighted by molar-refractivity contribution is -0.121. The molecule has 3 heterocycles. The van der Waals surface area contributed by atoms with Crippen LogP contribution in [0.2, 0.25) is 0 Å². The Balaban J connectivity index is 1.40. The molecule has 7 nitrogen and oxygen atoms in total. The minimum absolute atomic E-state index is 0.0806. The van der Waals surface area contributed by atoms with Crippen LogP contribution in [0.5, 0.6) is 0 Å². The number of aryl methyl sites for hydroxylation is 1. The van der Waals surface area contributed by atoms with Gasteiger partial charge in [-0.2, -0.15) is 5.10 Å². The average molecular weight is 411 g/mol. The molecule has 1 aliphatic rings. The molecular formula is C23H30N4O3. The largest absolute Gasteiger partial charge is 0.422 e. The van der Waals surface area contributed by atoms with Crippen LogP contribution in [0.1, 0.15) is 44.6 Å². The highest BCUT2D eigenvalue weighted by Gasteiger charge is 2.20. The molecule has 0 radical (unpaired) electrons. The number of aromatic nitrogens is 2. The van der Waals surface area contributed by atoms with Gasteiger partial charge in [-0.1, -0.05) is 25.0 Å². The Morgan fingerprint density at radius 2 is 2.17 bits per heavy atom. The molecule has 1 aromatic carbocycles. The van der Waals surface area contributed by atoms with Crippen LogP contribution in [-0.4, -0.2) is 46.3 Å². The molecule has 3 aromatic rings. The number of likely N-dealkylation sites (tertiary alicyclic amines) is 1. The fourth-order valence-electron chi connectivity index (χ4n) is 4.53. The molecule has 30 heavy (non-hydrogen) atoms. The quantitative estimate of drug-likeness (QED) is 0.478. The Labute approximate surface area is 176 Å². The van der Waals surface area contributed by atoms with Crippen molar-refractivity contribution >= 4 is 27.8 Å². The molecular weight excluding hydrogens is 380 g/mol. The van der Waals surface area contributed by atoms with Crippen molar-refractivity contribution in [3.05, 3.63) is 40.4 Å². The van der Waals surface area contributed by atoms with Gasteiger partial charge in [0.05, 0.1) is 11.7 Å². The summed E-state index contributed by atoms with van der Waals surface area (Å²) in [5.74, 6) is -0.0975. The zero-order valence-electron chi connectivity index (χ0n) is 17.8. The lowest BCUT2D eigenvalue weighted by Gasteiger charge is -2.35. The molecule has 0 unspecified atom stereocenters. The van der Waals surface area contributed by atoms with Gasteiger partial charge in [0.1, 0.15) is 17.5 Å². The fourth-order valence-corrected chi connectivity index (χ4v) is 4.53. The van der Waals surface area contributed by atoms with E-state index in [1.807, 2.05) is 19.1 Å². The first kappa shape index (κ1) is 20.6. The maximum absolute atomic E-state index is 12.5. The maximum Gasteiger partial charge on any atom is 0.347 e. The van der Waals surface area contributed by atoms with Crippen molar-refractivity contribution in [3.8, 4) is 0 Å². The molecule has 0 saturated carbocycles. The van der Waals surface area contributed by atoms with E-state index >= 15 is 0 Å². The molecule has 0 bridgehead atoms. The molecule has 4 rings (SSSR count). The molecule has 1 fully saturated rings. The van der Waals surface area contributed by atoms with Crippen LogP contribution in [0.25, 0.3) is 21.9 Å². The van der Waals surface area contributed by atoms with E-state index < -0.39 is 5.63 Å². The van der Waals surface area contributed by atoms with E-state index in [-0.39, 0.29) is 12.5 Å². The Morgan fingerprint density at radius 1 is 1.30 bits per heavy atom. The maximum atomic E-state index is 12.5. The highest BCUT2D eigenvalue weighted by Crippen LogP contribution is 2.24. The molecule has 7 heteroatoms. The minimum atomic E-state index is -0.431. The molecule has 0 aliphatic carbocycles. The van der Waals surface area contributed by atoms with Crippen LogP contribution in [0.15, 0.2) is 33.6 Å². The van der Waals surface area contributed by atoms with Crippen molar-refractivity contribution in [2.75, 3.05) is 19.6 Å². The molecule has 160 valence electrons. The fraction of sp³-hybridized carbons (Fsp3) is 0.522. The van der Waals surface area contributed by atoms with E-state index in [1.54, 1.807) is 10.7 Å². The first-order chi connectivity index (χ1) is 14.6. The summed E-state index contributed by atoms with van der Waals surface area (Å²) in [5.41, 5.74) is 1.78. The molecule has 0 spiro atoms. The summed E-state index contributed by atoms with van der Waals surface area (Å²) in [4.78, 5) is 27.4. The van der Waals surface area contributed by atoms with Crippen molar-refractivity contribution in [1.82, 2.24) is 20.0 Å². The smallest absolute Gasteiger partial charge is 0.347 e. The second kappa shape index (κ2) is 9.00. The summed E-state index contributed by atoms with van der Waals surface area (Å²) in [6.45, 7) is 7.15. The predicted molar refractivity (Wildman–Crippen MR) is 118 cm³/mol. The summed E-state index contributed by atoms with van der Waals surface area (Å²) in [6, 6.07) is 6.33. The third kappa shape index (κ3) is 4.26. The van der Waals surface area contributed by atoms with Crippen LogP contribution in [0.3, 0.4) is 0 Å². The number of fused-ring (bicyclic) bond motifs is 3. The Hall–Kier alpha value is -2.67. The van der Waals surface area contributed by atoms with Crippen molar-refractivity contribution < 1.29 is 9.21 Å². The summed E-state index contributed by atoms with van der Waals surface area (Å²) < 4.78 is 6.99. The van der Waals surface area contributed by atoms with E-state index in [0.29, 0.717) is 29.1 Å². The van der Waals surface area contributed by atoms with Gasteiger partial charge >= 0.3 is 5.63 Å². The number of nitrogens with one attached hydrogen (secondary N) is 1. The van der Waals surface area contributed by atoms with Crippen LogP contribution in [0.4, 0.5) is 0 Å². The van der Waals surface area contributed by atoms with Gasteiger partial charge < -0.3 is 14.6 Å². The third-order valence-corrected chi connectivity index (χ3v) is 6.11. The van der Waals surface area contributed by atoms with Crippen LogP contribution in [-0.2, 0) is 11.3 Å². The standard InChI is InChI=1S/C23H30N4O3/c1-3-17-7-4-5-11-26(17)12-6-10-24-21(28)15-27-22-18-13-16(2)8-9-20(18)30-23(29)19(22)14-25-27/h8-9,13-14,17H,3-7,10-12,15H2,1-2H3,(H,24,28)/t17-/m1/s1. The molecule has 1 N–H and O–H groups in total. The summed E-state index contributed by atoms with van der Waals surface area (Å²) >= 11 is 0. The van der Waals surface area contributed by atoms with Gasteiger partial charge in [0.15, 0.2) is 0 Å². The normalized spacial score (nSPS) is 17.6. The van der Waals surface area contributed by atoms with E-state index in [0.717, 1.165) is 23.9 Å². The highest BCUT2D eigenvalue weighted by atomic mass is 16.4. The number of benzene rings is 1. The topological polar surface area (TPSA) is 80.4 Å². The van der Waals surface area contributed by atoms with E-state index in [9.17, 15) is 9.59 Å². The number of amides is 1. The summed E-state index contributed by atoms with van der Waals surface area (Å²) in [5, 5.41) is 8.49. The number of nitrogens with zero attached hydrogens (tertiary/aromatic N) is 3. The monoisotopic (exact) mass is 410 g/mol. The van der Waals surface area contributed by atoms with Gasteiger partial charge in [-0.15, -0.1) is 0 Å². The molecule has 2 aromatic heterocycles. The third-order valence-electron chi connectivity index (χ3n) is 6.11. The Bertz CT molecular complexity index is 1100. The van der Waals surface area contributed by atoms with Crippen molar-refractivity contribution in [1.29, 1.82) is 0 Å². The average Bonchev–Trinajstić information content (AvgIpc) is 3.16. The van der Waals surface area contributed by atoms with Crippen molar-refractivity contribution in [3.63, 3.8) is 0 Å². The van der Waals surface area contributed by atoms with E-state index in [4.69, 9.17) is 4.42 Å². The first-order valence-electron chi connectivity index (χ1n) is 11.0. The first-order valence-corrected chi connectivity index (χ1v) is 11.0. The number of rotatable bonds is 7. The summed E-state index contributed by atoms with van der Waals surface area (Å²) in [7, 11) is 0. The minimum Gasteiger partial charge on any atom is -0.422 e. The van der Waals surface area contributed by atoms with Crippen molar-refractivity contribution in [2.24, 2.45) is 0 Å². The molecule has 1 atom stereocenters. The summed E-state index contributed by atoms with van der Waals surface area (Å²) in [6.07, 6.45) is 7.51. The molecule has 1 amide bonds. The number of piperidine rings is 1. The van der Waals surface area contributed by atoms with Crippen molar-refractivity contribution in [2.45, 2.75) is 58.5 Å². The van der Waals surface area contributed by atoms with E-state index in [1.165, 1.54) is 38.4 Å². The van der Waals surface area contributed by atoms with Gasteiger partial charge in [-0.3, -0.25) is 9.48 Å². The van der Waals surface area contributed by atoms with Gasteiger partial charge in [0, 0.05) is 24.5 Å². The zero-order valence-corrected chi connectivity index (χ0v) is 17.8. The number of carbonyl (C=O) groups is 1. The Morgan fingerprint density at radius 3 is 3.00 bits per heavy atom. The zero-order chi connectivity index (χ0) is 21.1. The number of hydrogen-bond donors (Lipinski definition) is 1. The van der Waals surface area contributed by atoms with Gasteiger partial charge in [-0.05, 0) is 51.3 Å². The van der Waals surface area contributed by atoms with Crippen LogP contribution >= 0.6 is 0 Å². The predicted octanol–water partition coefficient (Wildman–Crippen LogP) is 3.22. The highest BCUT2D eigenvalue weighted by molar-refractivity contribution is 6.02. The molecule has 1 saturated heterocycles. The second-order valence-electron chi connectivity index (χ2n) is 8.25. The van der Waals surface area contributed by atoms with Gasteiger partial charge in [0.25, 0.3) is 0 Å². The lowest BCUT2D eigenvalue weighted by Crippen LogP contribution is -2.40. The number of hydrogen-bond acceptors (Lipinski definition) is 5. The van der Waals surface area contributed by atoms with Crippen LogP contribution < -0.4 is 10.9 Å². The SMILES string of the molecule is CC[C@@H]1CCCCN1CCCNC(=O)Cn1ncc2c(=O)oc3ccc(C)cc3c21. The van der Waals surface area contributed by atoms with Gasteiger partial charge in [-0.25, -0.2) is 4.79 Å². The second-order valence-corrected chi connectivity index (χ2v) is 8.25. The van der Waals surface area contributed by atoms with Crippen LogP contribution in [0, 0.1) is 6.92 Å². The number of carbonyl (C=O) groups excluding carboxylic acids is 1. The lowest BCUT2D eigenvalue weighted by atomic mass is 10.00. The Kier molecular flexibility index (Phi) is 6.18. The van der Waals surface area contributed by atoms with E-state index in [2.05, 4.69) is 22.2 Å².